The van der Waals surface area contributed by atoms with Gasteiger partial charge >= 0.3 is 5.97 Å². The molecular formula is C13H27NO3. The number of hydrogen-bond donors (Lipinski definition) is 1. The van der Waals surface area contributed by atoms with Crippen molar-refractivity contribution in [3.63, 3.8) is 0 Å². The summed E-state index contributed by atoms with van der Waals surface area (Å²) in [7, 11) is 0. The highest BCUT2D eigenvalue weighted by molar-refractivity contribution is 5.71. The monoisotopic (exact) mass is 245 g/mol. The number of hydrogen-bond acceptors (Lipinski definition) is 4. The fourth-order valence-electron chi connectivity index (χ4n) is 1.46. The topological polar surface area (TPSA) is 49.8 Å². The zero-order valence-electron chi connectivity index (χ0n) is 11.6. The average molecular weight is 245 g/mol. The Morgan fingerprint density at radius 1 is 1.29 bits per heavy atom. The van der Waals surface area contributed by atoms with Crippen LogP contribution in [0.5, 0.6) is 0 Å². The lowest BCUT2D eigenvalue weighted by Gasteiger charge is -2.15. The number of rotatable bonds is 9. The Bertz CT molecular complexity index is 207. The van der Waals surface area contributed by atoms with Gasteiger partial charge in [0, 0.05) is 13.1 Å². The Morgan fingerprint density at radius 2 is 1.94 bits per heavy atom. The van der Waals surface area contributed by atoms with Gasteiger partial charge in [-0.05, 0) is 25.2 Å². The average Bonchev–Trinajstić information content (AvgIpc) is 2.25. The molecule has 0 saturated heterocycles. The third kappa shape index (κ3) is 9.12. The van der Waals surface area contributed by atoms with Crippen molar-refractivity contribution in [1.82, 2.24) is 5.06 Å². The Hall–Kier alpha value is -0.610. The number of nitrogens with zero attached hydrogens (tertiary/aromatic N) is 1. The van der Waals surface area contributed by atoms with Crippen LogP contribution in [-0.2, 0) is 9.53 Å². The van der Waals surface area contributed by atoms with Gasteiger partial charge in [-0.2, -0.15) is 5.06 Å². The van der Waals surface area contributed by atoms with Crippen molar-refractivity contribution in [2.75, 3.05) is 19.7 Å². The third-order valence-electron chi connectivity index (χ3n) is 2.50. The normalized spacial score (nSPS) is 13.1. The second-order valence-electron chi connectivity index (χ2n) is 5.02. The number of carbonyl (C=O) groups is 1. The highest BCUT2D eigenvalue weighted by Gasteiger charge is 2.14. The summed E-state index contributed by atoms with van der Waals surface area (Å²) in [5.41, 5.74) is 0. The summed E-state index contributed by atoms with van der Waals surface area (Å²) in [6.45, 7) is 9.74. The molecule has 0 amide bonds. The largest absolute Gasteiger partial charge is 0.465 e. The van der Waals surface area contributed by atoms with Crippen LogP contribution >= 0.6 is 0 Å². The van der Waals surface area contributed by atoms with Crippen LogP contribution in [0.2, 0.25) is 0 Å². The van der Waals surface area contributed by atoms with Gasteiger partial charge < -0.3 is 9.94 Å². The van der Waals surface area contributed by atoms with Crippen molar-refractivity contribution in [2.24, 2.45) is 11.8 Å². The van der Waals surface area contributed by atoms with Crippen LogP contribution in [0.25, 0.3) is 0 Å². The van der Waals surface area contributed by atoms with Crippen molar-refractivity contribution in [3.8, 4) is 0 Å². The van der Waals surface area contributed by atoms with Gasteiger partial charge in [0.1, 0.15) is 0 Å². The van der Waals surface area contributed by atoms with Crippen LogP contribution < -0.4 is 0 Å². The molecule has 0 radical (unpaired) electrons. The summed E-state index contributed by atoms with van der Waals surface area (Å²) >= 11 is 0. The molecule has 4 nitrogen and oxygen atoms in total. The fourth-order valence-corrected chi connectivity index (χ4v) is 1.46. The Kier molecular flexibility index (Phi) is 9.09. The van der Waals surface area contributed by atoms with E-state index in [1.807, 2.05) is 27.7 Å². The van der Waals surface area contributed by atoms with Crippen LogP contribution in [0.4, 0.5) is 0 Å². The summed E-state index contributed by atoms with van der Waals surface area (Å²) in [6.07, 6.45) is 2.51. The van der Waals surface area contributed by atoms with Crippen LogP contribution in [0.3, 0.4) is 0 Å². The van der Waals surface area contributed by atoms with Crippen molar-refractivity contribution in [3.05, 3.63) is 0 Å². The van der Waals surface area contributed by atoms with Crippen molar-refractivity contribution >= 4 is 5.97 Å². The molecular weight excluding hydrogens is 218 g/mol. The molecule has 0 fully saturated rings. The van der Waals surface area contributed by atoms with Gasteiger partial charge in [-0.1, -0.05) is 27.7 Å². The summed E-state index contributed by atoms with van der Waals surface area (Å²) in [4.78, 5) is 11.6. The van der Waals surface area contributed by atoms with E-state index in [0.29, 0.717) is 25.6 Å². The van der Waals surface area contributed by atoms with E-state index in [0.717, 1.165) is 19.3 Å². The highest BCUT2D eigenvalue weighted by atomic mass is 16.5. The van der Waals surface area contributed by atoms with Crippen LogP contribution in [-0.4, -0.2) is 35.9 Å². The molecule has 0 aromatic rings. The number of ether oxygens (including phenoxy) is 1. The Balaban J connectivity index is 3.63. The SMILES string of the molecule is CCCN(O)CCCC(C)C(=O)OCC(C)C. The van der Waals surface area contributed by atoms with Gasteiger partial charge in [-0.3, -0.25) is 4.79 Å². The number of carbonyl (C=O) groups excluding carboxylic acids is 1. The summed E-state index contributed by atoms with van der Waals surface area (Å²) in [6, 6.07) is 0. The van der Waals surface area contributed by atoms with Crippen molar-refractivity contribution in [1.29, 1.82) is 0 Å². The number of hydroxylamine groups is 2. The van der Waals surface area contributed by atoms with Crippen LogP contribution in [0.1, 0.15) is 47.0 Å². The molecule has 0 aliphatic carbocycles. The van der Waals surface area contributed by atoms with E-state index in [1.165, 1.54) is 5.06 Å². The standard InChI is InChI=1S/C13H27NO3/c1-5-8-14(16)9-6-7-12(4)13(15)17-10-11(2)3/h11-12,16H,5-10H2,1-4H3. The van der Waals surface area contributed by atoms with Crippen molar-refractivity contribution < 1.29 is 14.7 Å². The summed E-state index contributed by atoms with van der Waals surface area (Å²) < 4.78 is 5.16. The zero-order chi connectivity index (χ0) is 13.3. The third-order valence-corrected chi connectivity index (χ3v) is 2.50. The summed E-state index contributed by atoms with van der Waals surface area (Å²) in [5, 5.41) is 10.7. The Morgan fingerprint density at radius 3 is 2.47 bits per heavy atom. The molecule has 17 heavy (non-hydrogen) atoms. The first kappa shape index (κ1) is 16.4. The predicted molar refractivity (Wildman–Crippen MR) is 67.8 cm³/mol. The molecule has 1 atom stereocenters. The van der Waals surface area contributed by atoms with Crippen LogP contribution in [0.15, 0.2) is 0 Å². The fraction of sp³-hybridized carbons (Fsp3) is 0.923. The maximum Gasteiger partial charge on any atom is 0.308 e. The molecule has 0 spiro atoms. The second-order valence-corrected chi connectivity index (χ2v) is 5.02. The molecule has 0 aliphatic heterocycles. The van der Waals surface area contributed by atoms with E-state index in [-0.39, 0.29) is 11.9 Å². The van der Waals surface area contributed by atoms with E-state index < -0.39 is 0 Å². The molecule has 102 valence electrons. The predicted octanol–water partition coefficient (Wildman–Crippen LogP) is 2.70. The molecule has 1 N–H and O–H groups in total. The molecule has 0 bridgehead atoms. The van der Waals surface area contributed by atoms with E-state index in [4.69, 9.17) is 4.74 Å². The first-order valence-electron chi connectivity index (χ1n) is 6.57. The Labute approximate surface area is 105 Å². The quantitative estimate of drug-likeness (QED) is 0.501. The van der Waals surface area contributed by atoms with E-state index in [2.05, 4.69) is 0 Å². The molecule has 0 saturated carbocycles. The van der Waals surface area contributed by atoms with E-state index in [9.17, 15) is 10.0 Å². The lowest BCUT2D eigenvalue weighted by atomic mass is 10.1. The van der Waals surface area contributed by atoms with Crippen LogP contribution in [0, 0.1) is 11.8 Å². The molecule has 0 aliphatic rings. The van der Waals surface area contributed by atoms with Gasteiger partial charge in [0.25, 0.3) is 0 Å². The van der Waals surface area contributed by atoms with E-state index >= 15 is 0 Å². The van der Waals surface area contributed by atoms with Gasteiger partial charge in [0.05, 0.1) is 12.5 Å². The molecule has 0 aromatic carbocycles. The molecule has 0 rings (SSSR count). The lowest BCUT2D eigenvalue weighted by Crippen LogP contribution is -2.23. The summed E-state index contributed by atoms with van der Waals surface area (Å²) in [5.74, 6) is 0.172. The molecule has 0 aromatic heterocycles. The maximum absolute atomic E-state index is 11.6. The number of esters is 1. The molecule has 4 heteroatoms. The minimum atomic E-state index is -0.126. The van der Waals surface area contributed by atoms with Gasteiger partial charge in [-0.15, -0.1) is 0 Å². The minimum Gasteiger partial charge on any atom is -0.465 e. The van der Waals surface area contributed by atoms with Crippen molar-refractivity contribution in [2.45, 2.75) is 47.0 Å². The first-order chi connectivity index (χ1) is 7.97. The van der Waals surface area contributed by atoms with E-state index in [1.54, 1.807) is 0 Å². The maximum atomic E-state index is 11.6. The lowest BCUT2D eigenvalue weighted by molar-refractivity contribution is -0.149. The highest BCUT2D eigenvalue weighted by Crippen LogP contribution is 2.09. The smallest absolute Gasteiger partial charge is 0.308 e. The first-order valence-corrected chi connectivity index (χ1v) is 6.57. The molecule has 1 unspecified atom stereocenters. The van der Waals surface area contributed by atoms with Gasteiger partial charge in [-0.25, -0.2) is 0 Å². The van der Waals surface area contributed by atoms with Gasteiger partial charge in [0.15, 0.2) is 0 Å². The minimum absolute atomic E-state index is 0.0798. The second kappa shape index (κ2) is 9.42. The van der Waals surface area contributed by atoms with Gasteiger partial charge in [0.2, 0.25) is 0 Å². The molecule has 0 heterocycles. The zero-order valence-corrected chi connectivity index (χ0v) is 11.6.